The zero-order valence-corrected chi connectivity index (χ0v) is 17.1. The molecule has 152 valence electrons. The molecule has 1 aromatic heterocycles. The van der Waals surface area contributed by atoms with Crippen LogP contribution in [0.2, 0.25) is 0 Å². The van der Waals surface area contributed by atoms with Gasteiger partial charge in [-0.05, 0) is 43.2 Å². The lowest BCUT2D eigenvalue weighted by Gasteiger charge is -2.13. The molecule has 29 heavy (non-hydrogen) atoms. The lowest BCUT2D eigenvalue weighted by molar-refractivity contribution is 0.0949. The zero-order valence-electron chi connectivity index (χ0n) is 16.3. The average Bonchev–Trinajstić information content (AvgIpc) is 3.34. The highest BCUT2D eigenvalue weighted by atomic mass is 32.2. The Morgan fingerprint density at radius 3 is 2.66 bits per heavy atom. The molecular weight excluding hydrogens is 388 g/mol. The van der Waals surface area contributed by atoms with Crippen LogP contribution in [-0.2, 0) is 23.6 Å². The van der Waals surface area contributed by atoms with Crippen molar-refractivity contribution in [3.63, 3.8) is 0 Å². The van der Waals surface area contributed by atoms with Crippen LogP contribution < -0.4 is 10.0 Å². The summed E-state index contributed by atoms with van der Waals surface area (Å²) >= 11 is 0. The third kappa shape index (κ3) is 4.18. The number of hydrogen-bond donors (Lipinski definition) is 2. The Hall–Kier alpha value is -2.71. The number of fused-ring (bicyclic) bond motifs is 1. The van der Waals surface area contributed by atoms with E-state index >= 15 is 0 Å². The van der Waals surface area contributed by atoms with Gasteiger partial charge in [-0.2, -0.15) is 0 Å². The number of carbonyl (C=O) groups excluding carboxylic acids is 1. The van der Waals surface area contributed by atoms with Gasteiger partial charge in [0.25, 0.3) is 5.91 Å². The summed E-state index contributed by atoms with van der Waals surface area (Å²) in [4.78, 5) is 17.3. The predicted molar refractivity (Wildman–Crippen MR) is 111 cm³/mol. The van der Waals surface area contributed by atoms with Gasteiger partial charge in [0.2, 0.25) is 10.0 Å². The van der Waals surface area contributed by atoms with Crippen molar-refractivity contribution in [1.82, 2.24) is 19.6 Å². The fourth-order valence-electron chi connectivity index (χ4n) is 3.75. The number of carbonyl (C=O) groups is 1. The molecular formula is C21H24N4O3S. The minimum Gasteiger partial charge on any atom is -0.345 e. The molecule has 0 saturated heterocycles. The summed E-state index contributed by atoms with van der Waals surface area (Å²) in [7, 11) is -1.74. The summed E-state index contributed by atoms with van der Waals surface area (Å²) in [5.41, 5.74) is 2.16. The number of para-hydroxylation sites is 2. The average molecular weight is 413 g/mol. The number of imidazole rings is 1. The fraction of sp³-hybridized carbons (Fsp3) is 0.333. The number of hydrogen-bond acceptors (Lipinski definition) is 4. The topological polar surface area (TPSA) is 93.1 Å². The lowest BCUT2D eigenvalue weighted by atomic mass is 10.2. The summed E-state index contributed by atoms with van der Waals surface area (Å²) < 4.78 is 29.9. The van der Waals surface area contributed by atoms with E-state index in [1.165, 1.54) is 12.1 Å². The first-order valence-electron chi connectivity index (χ1n) is 9.75. The maximum absolute atomic E-state index is 12.6. The maximum Gasteiger partial charge on any atom is 0.251 e. The maximum atomic E-state index is 12.6. The van der Waals surface area contributed by atoms with E-state index in [1.807, 2.05) is 35.9 Å². The number of nitrogens with zero attached hydrogens (tertiary/aromatic N) is 2. The number of aryl methyl sites for hydroxylation is 1. The molecule has 1 aliphatic carbocycles. The van der Waals surface area contributed by atoms with Gasteiger partial charge in [-0.3, -0.25) is 4.79 Å². The third-order valence-corrected chi connectivity index (χ3v) is 6.89. The van der Waals surface area contributed by atoms with Gasteiger partial charge in [0.1, 0.15) is 5.82 Å². The van der Waals surface area contributed by atoms with Gasteiger partial charge in [0.05, 0.1) is 22.5 Å². The first-order valence-corrected chi connectivity index (χ1v) is 11.2. The summed E-state index contributed by atoms with van der Waals surface area (Å²) in [5, 5.41) is 2.83. The van der Waals surface area contributed by atoms with E-state index in [-0.39, 0.29) is 23.4 Å². The normalized spacial score (nSPS) is 15.1. The molecule has 1 amide bonds. The van der Waals surface area contributed by atoms with E-state index in [9.17, 15) is 13.2 Å². The van der Waals surface area contributed by atoms with Gasteiger partial charge in [0, 0.05) is 18.7 Å². The SMILES string of the molecule is Cn1c(CNC(=O)c2cccc(S(=O)(=O)NC3CCCC3)c2)nc2ccccc21. The molecule has 2 aromatic carbocycles. The second-order valence-corrected chi connectivity index (χ2v) is 9.10. The van der Waals surface area contributed by atoms with E-state index in [4.69, 9.17) is 0 Å². The molecule has 0 aliphatic heterocycles. The molecule has 1 heterocycles. The van der Waals surface area contributed by atoms with Crippen molar-refractivity contribution in [1.29, 1.82) is 0 Å². The Morgan fingerprint density at radius 1 is 1.14 bits per heavy atom. The van der Waals surface area contributed by atoms with E-state index in [0.29, 0.717) is 5.56 Å². The minimum atomic E-state index is -3.64. The lowest BCUT2D eigenvalue weighted by Crippen LogP contribution is -2.33. The van der Waals surface area contributed by atoms with Gasteiger partial charge in [-0.25, -0.2) is 18.1 Å². The molecule has 7 nitrogen and oxygen atoms in total. The van der Waals surface area contributed by atoms with E-state index in [0.717, 1.165) is 42.5 Å². The van der Waals surface area contributed by atoms with Crippen LogP contribution in [0.25, 0.3) is 11.0 Å². The molecule has 2 N–H and O–H groups in total. The van der Waals surface area contributed by atoms with Crippen molar-refractivity contribution in [3.8, 4) is 0 Å². The molecule has 1 saturated carbocycles. The number of benzene rings is 2. The van der Waals surface area contributed by atoms with Crippen molar-refractivity contribution >= 4 is 27.0 Å². The molecule has 0 bridgehead atoms. The molecule has 8 heteroatoms. The van der Waals surface area contributed by atoms with Crippen molar-refractivity contribution in [3.05, 3.63) is 59.9 Å². The summed E-state index contributed by atoms with van der Waals surface area (Å²) in [6.07, 6.45) is 3.80. The van der Waals surface area contributed by atoms with Crippen LogP contribution >= 0.6 is 0 Å². The van der Waals surface area contributed by atoms with Crippen LogP contribution in [-0.4, -0.2) is 29.9 Å². The van der Waals surface area contributed by atoms with Crippen molar-refractivity contribution in [2.45, 2.75) is 43.2 Å². The van der Waals surface area contributed by atoms with Gasteiger partial charge in [-0.15, -0.1) is 0 Å². The van der Waals surface area contributed by atoms with Crippen molar-refractivity contribution in [2.24, 2.45) is 7.05 Å². The number of aromatic nitrogens is 2. The Balaban J connectivity index is 1.47. The van der Waals surface area contributed by atoms with Crippen LogP contribution in [0.15, 0.2) is 53.4 Å². The Labute approximate surface area is 170 Å². The van der Waals surface area contributed by atoms with Gasteiger partial charge >= 0.3 is 0 Å². The van der Waals surface area contributed by atoms with Crippen LogP contribution in [0.4, 0.5) is 0 Å². The predicted octanol–water partition coefficient (Wildman–Crippen LogP) is 2.72. The Bertz CT molecular complexity index is 1150. The second-order valence-electron chi connectivity index (χ2n) is 7.39. The van der Waals surface area contributed by atoms with Gasteiger partial charge in [-0.1, -0.05) is 31.0 Å². The van der Waals surface area contributed by atoms with E-state index < -0.39 is 10.0 Å². The zero-order chi connectivity index (χ0) is 20.4. The first-order chi connectivity index (χ1) is 13.9. The smallest absolute Gasteiger partial charge is 0.251 e. The quantitative estimate of drug-likeness (QED) is 0.651. The number of amides is 1. The third-order valence-electron chi connectivity index (χ3n) is 5.37. The molecule has 0 atom stereocenters. The van der Waals surface area contributed by atoms with Crippen LogP contribution in [0, 0.1) is 0 Å². The van der Waals surface area contributed by atoms with Crippen LogP contribution in [0.1, 0.15) is 41.9 Å². The van der Waals surface area contributed by atoms with Gasteiger partial charge < -0.3 is 9.88 Å². The first kappa shape index (κ1) is 19.6. The monoisotopic (exact) mass is 412 g/mol. The van der Waals surface area contributed by atoms with E-state index in [2.05, 4.69) is 15.0 Å². The fourth-order valence-corrected chi connectivity index (χ4v) is 5.10. The largest absolute Gasteiger partial charge is 0.345 e. The number of nitrogens with one attached hydrogen (secondary N) is 2. The molecule has 1 aliphatic rings. The van der Waals surface area contributed by atoms with Crippen LogP contribution in [0.3, 0.4) is 0 Å². The molecule has 3 aromatic rings. The van der Waals surface area contributed by atoms with Crippen molar-refractivity contribution in [2.75, 3.05) is 0 Å². The second kappa shape index (κ2) is 7.96. The number of sulfonamides is 1. The molecule has 4 rings (SSSR count). The Kier molecular flexibility index (Phi) is 5.38. The highest BCUT2D eigenvalue weighted by Gasteiger charge is 2.23. The van der Waals surface area contributed by atoms with E-state index in [1.54, 1.807) is 12.1 Å². The Morgan fingerprint density at radius 2 is 1.90 bits per heavy atom. The molecule has 1 fully saturated rings. The molecule has 0 radical (unpaired) electrons. The van der Waals surface area contributed by atoms with Gasteiger partial charge in [0.15, 0.2) is 0 Å². The summed E-state index contributed by atoms with van der Waals surface area (Å²) in [5.74, 6) is 0.390. The minimum absolute atomic E-state index is 0.0185. The summed E-state index contributed by atoms with van der Waals surface area (Å²) in [6.45, 7) is 0.251. The van der Waals surface area contributed by atoms with Crippen LogP contribution in [0.5, 0.6) is 0 Å². The highest BCUT2D eigenvalue weighted by Crippen LogP contribution is 2.21. The van der Waals surface area contributed by atoms with Crippen molar-refractivity contribution < 1.29 is 13.2 Å². The summed E-state index contributed by atoms with van der Waals surface area (Å²) in [6, 6.07) is 13.9. The highest BCUT2D eigenvalue weighted by molar-refractivity contribution is 7.89. The number of rotatable bonds is 6. The molecule has 0 spiro atoms. The standard InChI is InChI=1S/C21H24N4O3S/c1-25-19-12-5-4-11-18(19)23-20(25)14-22-21(26)15-7-6-10-17(13-15)29(27,28)24-16-8-2-3-9-16/h4-7,10-13,16,24H,2-3,8-9,14H2,1H3,(H,22,26). The molecule has 0 unspecified atom stereocenters.